The lowest BCUT2D eigenvalue weighted by atomic mass is 9.85. The van der Waals surface area contributed by atoms with Crippen LogP contribution in [0.5, 0.6) is 0 Å². The van der Waals surface area contributed by atoms with E-state index in [2.05, 4.69) is 5.10 Å². The Balaban J connectivity index is 2.15. The van der Waals surface area contributed by atoms with E-state index in [0.717, 1.165) is 12.5 Å². The molecule has 17 heavy (non-hydrogen) atoms. The third-order valence-corrected chi connectivity index (χ3v) is 3.28. The molecular weight excluding hydrogens is 233 g/mol. The van der Waals surface area contributed by atoms with Crippen LogP contribution < -0.4 is 0 Å². The summed E-state index contributed by atoms with van der Waals surface area (Å²) in [4.78, 5) is 0. The topological polar surface area (TPSA) is 38.0 Å². The molecule has 1 fully saturated rings. The van der Waals surface area contributed by atoms with Gasteiger partial charge in [-0.15, -0.1) is 0 Å². The lowest BCUT2D eigenvalue weighted by molar-refractivity contribution is -0.141. The summed E-state index contributed by atoms with van der Waals surface area (Å²) in [6, 6.07) is 0.618. The number of alkyl halides is 3. The zero-order chi connectivity index (χ0) is 12.6. The molecule has 1 aliphatic rings. The molecule has 0 spiro atoms. The van der Waals surface area contributed by atoms with Gasteiger partial charge in [0.2, 0.25) is 0 Å². The molecule has 1 aliphatic carbocycles. The predicted molar refractivity (Wildman–Crippen MR) is 55.3 cm³/mol. The van der Waals surface area contributed by atoms with Crippen LogP contribution in [0.3, 0.4) is 0 Å². The standard InChI is InChI=1S/C11H15F3N2O/c1-7-2-3-8(9(17)6-7)16-5-4-10(15-16)11(12,13)14/h4-5,7-9,17H,2-3,6H2,1H3/t7?,8-,9?/m1/s1. The maximum absolute atomic E-state index is 12.4. The van der Waals surface area contributed by atoms with Gasteiger partial charge in [-0.3, -0.25) is 4.68 Å². The van der Waals surface area contributed by atoms with E-state index in [1.807, 2.05) is 6.92 Å². The molecule has 0 aliphatic heterocycles. The molecule has 0 bridgehead atoms. The summed E-state index contributed by atoms with van der Waals surface area (Å²) in [6.07, 6.45) is -1.54. The number of halogens is 3. The molecule has 1 aromatic heterocycles. The first kappa shape index (κ1) is 12.4. The molecule has 2 unspecified atom stereocenters. The van der Waals surface area contributed by atoms with Crippen molar-refractivity contribution in [2.45, 2.75) is 44.5 Å². The maximum atomic E-state index is 12.4. The van der Waals surface area contributed by atoms with Crippen LogP contribution in [0.1, 0.15) is 37.9 Å². The largest absolute Gasteiger partial charge is 0.435 e. The third kappa shape index (κ3) is 2.62. The Labute approximate surface area is 97.2 Å². The van der Waals surface area contributed by atoms with Gasteiger partial charge in [-0.25, -0.2) is 0 Å². The van der Waals surface area contributed by atoms with E-state index in [1.54, 1.807) is 0 Å². The Morgan fingerprint density at radius 2 is 2.12 bits per heavy atom. The van der Waals surface area contributed by atoms with Gasteiger partial charge >= 0.3 is 6.18 Å². The van der Waals surface area contributed by atoms with Crippen molar-refractivity contribution in [3.05, 3.63) is 18.0 Å². The molecule has 0 saturated heterocycles. The van der Waals surface area contributed by atoms with Crippen LogP contribution in [0.25, 0.3) is 0 Å². The first-order chi connectivity index (χ1) is 7.88. The zero-order valence-electron chi connectivity index (χ0n) is 9.48. The average molecular weight is 248 g/mol. The van der Waals surface area contributed by atoms with E-state index in [1.165, 1.54) is 10.9 Å². The lowest BCUT2D eigenvalue weighted by Crippen LogP contribution is -2.31. The number of aliphatic hydroxyl groups excluding tert-OH is 1. The molecule has 1 N–H and O–H groups in total. The van der Waals surface area contributed by atoms with Crippen molar-refractivity contribution in [3.63, 3.8) is 0 Å². The molecule has 1 saturated carbocycles. The highest BCUT2D eigenvalue weighted by atomic mass is 19.4. The van der Waals surface area contributed by atoms with Crippen molar-refractivity contribution in [2.24, 2.45) is 5.92 Å². The van der Waals surface area contributed by atoms with Gasteiger partial charge in [0.1, 0.15) is 0 Å². The van der Waals surface area contributed by atoms with Gasteiger partial charge in [-0.1, -0.05) is 6.92 Å². The Bertz CT molecular complexity index is 388. The van der Waals surface area contributed by atoms with E-state index in [0.29, 0.717) is 18.8 Å². The normalized spacial score (nSPS) is 30.5. The van der Waals surface area contributed by atoms with Gasteiger partial charge in [0.25, 0.3) is 0 Å². The Morgan fingerprint density at radius 1 is 1.41 bits per heavy atom. The highest BCUT2D eigenvalue weighted by Crippen LogP contribution is 2.33. The quantitative estimate of drug-likeness (QED) is 0.829. The van der Waals surface area contributed by atoms with Gasteiger partial charge in [0, 0.05) is 6.20 Å². The molecule has 3 nitrogen and oxygen atoms in total. The molecule has 1 aromatic rings. The third-order valence-electron chi connectivity index (χ3n) is 3.28. The minimum atomic E-state index is -4.42. The van der Waals surface area contributed by atoms with Crippen molar-refractivity contribution in [1.29, 1.82) is 0 Å². The number of nitrogens with zero attached hydrogens (tertiary/aromatic N) is 2. The number of rotatable bonds is 1. The highest BCUT2D eigenvalue weighted by Gasteiger charge is 2.35. The second-order valence-electron chi connectivity index (χ2n) is 4.73. The molecule has 0 radical (unpaired) electrons. The smallest absolute Gasteiger partial charge is 0.391 e. The summed E-state index contributed by atoms with van der Waals surface area (Å²) >= 11 is 0. The molecule has 0 aromatic carbocycles. The second-order valence-corrected chi connectivity index (χ2v) is 4.73. The molecule has 2 rings (SSSR count). The van der Waals surface area contributed by atoms with Crippen LogP contribution in [0, 0.1) is 5.92 Å². The molecule has 0 amide bonds. The number of hydrogen-bond acceptors (Lipinski definition) is 2. The van der Waals surface area contributed by atoms with Gasteiger partial charge < -0.3 is 5.11 Å². The van der Waals surface area contributed by atoms with E-state index < -0.39 is 18.0 Å². The van der Waals surface area contributed by atoms with Gasteiger partial charge in [-0.2, -0.15) is 18.3 Å². The van der Waals surface area contributed by atoms with E-state index in [9.17, 15) is 18.3 Å². The Hall–Kier alpha value is -1.04. The molecule has 3 atom stereocenters. The Kier molecular flexibility index (Phi) is 3.16. The van der Waals surface area contributed by atoms with Crippen molar-refractivity contribution < 1.29 is 18.3 Å². The van der Waals surface area contributed by atoms with Crippen LogP contribution in [-0.2, 0) is 6.18 Å². The predicted octanol–water partition coefficient (Wildman–Crippen LogP) is 2.62. The summed E-state index contributed by atoms with van der Waals surface area (Å²) in [6.45, 7) is 2.03. The first-order valence-corrected chi connectivity index (χ1v) is 5.68. The van der Waals surface area contributed by atoms with Crippen LogP contribution >= 0.6 is 0 Å². The summed E-state index contributed by atoms with van der Waals surface area (Å²) in [7, 11) is 0. The van der Waals surface area contributed by atoms with Crippen LogP contribution in [0.15, 0.2) is 12.3 Å². The highest BCUT2D eigenvalue weighted by molar-refractivity contribution is 5.04. The molecule has 1 heterocycles. The van der Waals surface area contributed by atoms with Crippen molar-refractivity contribution in [1.82, 2.24) is 9.78 Å². The fraction of sp³-hybridized carbons (Fsp3) is 0.727. The Morgan fingerprint density at radius 3 is 2.65 bits per heavy atom. The van der Waals surface area contributed by atoms with Crippen molar-refractivity contribution in [2.75, 3.05) is 0 Å². The van der Waals surface area contributed by atoms with E-state index in [-0.39, 0.29) is 6.04 Å². The summed E-state index contributed by atoms with van der Waals surface area (Å²) in [5, 5.41) is 13.4. The molecule has 6 heteroatoms. The van der Waals surface area contributed by atoms with Crippen LogP contribution in [0.4, 0.5) is 13.2 Å². The fourth-order valence-electron chi connectivity index (χ4n) is 2.32. The lowest BCUT2D eigenvalue weighted by Gasteiger charge is -2.31. The summed E-state index contributed by atoms with van der Waals surface area (Å²) < 4.78 is 38.4. The molecular formula is C11H15F3N2O. The average Bonchev–Trinajstić information content (AvgIpc) is 2.65. The van der Waals surface area contributed by atoms with Gasteiger partial charge in [0.05, 0.1) is 12.1 Å². The fourth-order valence-corrected chi connectivity index (χ4v) is 2.32. The number of aromatic nitrogens is 2. The number of hydrogen-bond donors (Lipinski definition) is 1. The first-order valence-electron chi connectivity index (χ1n) is 5.68. The van der Waals surface area contributed by atoms with Crippen molar-refractivity contribution in [3.8, 4) is 0 Å². The number of aliphatic hydroxyl groups is 1. The van der Waals surface area contributed by atoms with E-state index >= 15 is 0 Å². The molecule has 96 valence electrons. The van der Waals surface area contributed by atoms with E-state index in [4.69, 9.17) is 0 Å². The minimum absolute atomic E-state index is 0.331. The van der Waals surface area contributed by atoms with Crippen LogP contribution in [-0.4, -0.2) is 21.0 Å². The van der Waals surface area contributed by atoms with Crippen LogP contribution in [0.2, 0.25) is 0 Å². The minimum Gasteiger partial charge on any atom is -0.391 e. The maximum Gasteiger partial charge on any atom is 0.435 e. The second kappa shape index (κ2) is 4.33. The summed E-state index contributed by atoms with van der Waals surface area (Å²) in [5.41, 5.74) is -0.900. The van der Waals surface area contributed by atoms with Gasteiger partial charge in [0.15, 0.2) is 5.69 Å². The monoisotopic (exact) mass is 248 g/mol. The SMILES string of the molecule is CC1CC[C@@H](n2ccc(C(F)(F)F)n2)C(O)C1. The zero-order valence-corrected chi connectivity index (χ0v) is 9.48. The van der Waals surface area contributed by atoms with Crippen molar-refractivity contribution >= 4 is 0 Å². The summed E-state index contributed by atoms with van der Waals surface area (Å²) in [5.74, 6) is 0.416. The van der Waals surface area contributed by atoms with Gasteiger partial charge in [-0.05, 0) is 31.2 Å².